The highest BCUT2D eigenvalue weighted by molar-refractivity contribution is 5.85. The summed E-state index contributed by atoms with van der Waals surface area (Å²) in [5, 5.41) is 1.35. The summed E-state index contributed by atoms with van der Waals surface area (Å²) >= 11 is 0. The number of carbonyl (C=O) groups excluding carboxylic acids is 1. The number of hydrogen-bond acceptors (Lipinski definition) is 1. The van der Waals surface area contributed by atoms with Gasteiger partial charge in [0.05, 0.1) is 10.7 Å². The molecule has 0 aliphatic carbocycles. The molecule has 0 bridgehead atoms. The predicted octanol–water partition coefficient (Wildman–Crippen LogP) is 0.903. The molecule has 1 aromatic rings. The van der Waals surface area contributed by atoms with Gasteiger partial charge in [0.15, 0.2) is 0 Å². The lowest BCUT2D eigenvalue weighted by molar-refractivity contribution is 0.256. The fourth-order valence-corrected chi connectivity index (χ4v) is 0.884. The predicted molar refractivity (Wildman–Crippen MR) is 48.6 cm³/mol. The van der Waals surface area contributed by atoms with Crippen LogP contribution in [0.4, 0.5) is 4.79 Å². The molecule has 0 saturated heterocycles. The minimum Gasteiger partial charge on any atom is -0.244 e. The maximum absolute atomic E-state index is 10.6. The van der Waals surface area contributed by atoms with Crippen molar-refractivity contribution >= 4 is 30.8 Å². The van der Waals surface area contributed by atoms with Gasteiger partial charge >= 0.3 is 6.03 Å². The number of para-hydroxylation sites is 2. The van der Waals surface area contributed by atoms with E-state index in [1.807, 2.05) is 12.1 Å². The lowest BCUT2D eigenvalue weighted by atomic mass is 10.3. The molecule has 2 amide bonds. The first-order valence-corrected chi connectivity index (χ1v) is 2.93. The molecule has 0 N–H and O–H groups in total. The maximum atomic E-state index is 10.6. The van der Waals surface area contributed by atoms with Gasteiger partial charge in [-0.15, -0.1) is 24.8 Å². The van der Waals surface area contributed by atoms with Gasteiger partial charge < -0.3 is 0 Å². The quantitative estimate of drug-likeness (QED) is 0.620. The molecule has 0 unspecified atom stereocenters. The number of urea groups is 1. The molecule has 0 fully saturated rings. The van der Waals surface area contributed by atoms with Gasteiger partial charge in [-0.05, 0) is 12.1 Å². The van der Waals surface area contributed by atoms with E-state index in [4.69, 9.17) is 0 Å². The summed E-state index contributed by atoms with van der Waals surface area (Å²) in [6.07, 6.45) is 0. The van der Waals surface area contributed by atoms with Crippen molar-refractivity contribution < 1.29 is 4.79 Å². The van der Waals surface area contributed by atoms with Crippen LogP contribution in [-0.4, -0.2) is 6.03 Å². The Morgan fingerprint density at radius 1 is 0.917 bits per heavy atom. The van der Waals surface area contributed by atoms with Crippen LogP contribution in [0.5, 0.6) is 0 Å². The maximum Gasteiger partial charge on any atom is 0.368 e. The van der Waals surface area contributed by atoms with Gasteiger partial charge in [-0.1, -0.05) is 12.1 Å². The van der Waals surface area contributed by atoms with E-state index < -0.39 is 6.03 Å². The van der Waals surface area contributed by atoms with E-state index in [9.17, 15) is 4.79 Å². The zero-order chi connectivity index (χ0) is 6.97. The molecule has 1 aliphatic heterocycles. The zero-order valence-corrected chi connectivity index (χ0v) is 7.56. The monoisotopic (exact) mass is 204 g/mol. The molecule has 0 saturated carbocycles. The number of rotatable bonds is 0. The average molecular weight is 205 g/mol. The fraction of sp³-hybridized carbons (Fsp3) is 0. The highest BCUT2D eigenvalue weighted by Gasteiger charge is 2.01. The lowest BCUT2D eigenvalue weighted by Crippen LogP contribution is -2.19. The number of benzene rings is 1. The second-order valence-electron chi connectivity index (χ2n) is 1.99. The van der Waals surface area contributed by atoms with Crippen LogP contribution in [0.25, 0.3) is 0 Å². The average Bonchev–Trinajstić information content (AvgIpc) is 2.27. The first kappa shape index (κ1) is 11.1. The van der Waals surface area contributed by atoms with Crippen molar-refractivity contribution in [2.75, 3.05) is 0 Å². The van der Waals surface area contributed by atoms with E-state index in [2.05, 4.69) is 9.98 Å². The standard InChI is InChI=1S/C7H4N2O.2ClH/c10-7-8-5-3-1-2-4-6(5)9-7;;/h1-4H;2*1H. The number of carbonyl (C=O) groups is 1. The van der Waals surface area contributed by atoms with Crippen LogP contribution >= 0.6 is 24.8 Å². The molecular formula is C7H6Cl2N2O. The highest BCUT2D eigenvalue weighted by Crippen LogP contribution is 1.82. The molecule has 1 aliphatic rings. The van der Waals surface area contributed by atoms with Gasteiger partial charge in [0.25, 0.3) is 0 Å². The number of nitrogens with zero attached hydrogens (tertiary/aromatic N) is 2. The molecular weight excluding hydrogens is 199 g/mol. The van der Waals surface area contributed by atoms with Gasteiger partial charge in [0.2, 0.25) is 0 Å². The summed E-state index contributed by atoms with van der Waals surface area (Å²) in [7, 11) is 0. The zero-order valence-electron chi connectivity index (χ0n) is 5.93. The summed E-state index contributed by atoms with van der Waals surface area (Å²) in [4.78, 5) is 17.9. The Morgan fingerprint density at radius 2 is 1.33 bits per heavy atom. The summed E-state index contributed by atoms with van der Waals surface area (Å²) in [5.41, 5.74) is 0. The normalized spacial score (nSPS) is 11.5. The Bertz CT molecular complexity index is 365. The SMILES string of the molecule is Cl.Cl.O=C1N=c2ccccc2=N1. The third-order valence-corrected chi connectivity index (χ3v) is 1.31. The van der Waals surface area contributed by atoms with E-state index in [0.717, 1.165) is 0 Å². The minimum atomic E-state index is -0.402. The van der Waals surface area contributed by atoms with Gasteiger partial charge in [0, 0.05) is 0 Å². The van der Waals surface area contributed by atoms with E-state index in [1.54, 1.807) is 12.1 Å². The number of halogens is 2. The highest BCUT2D eigenvalue weighted by atomic mass is 35.5. The molecule has 0 atom stereocenters. The van der Waals surface area contributed by atoms with Crippen LogP contribution in [0.1, 0.15) is 0 Å². The third kappa shape index (κ3) is 1.81. The largest absolute Gasteiger partial charge is 0.368 e. The van der Waals surface area contributed by atoms with Crippen molar-refractivity contribution in [2.45, 2.75) is 0 Å². The summed E-state index contributed by atoms with van der Waals surface area (Å²) in [6, 6.07) is 6.79. The number of fused-ring (bicyclic) bond motifs is 1. The van der Waals surface area contributed by atoms with Crippen LogP contribution in [-0.2, 0) is 0 Å². The molecule has 3 nitrogen and oxygen atoms in total. The van der Waals surface area contributed by atoms with E-state index in [1.165, 1.54) is 0 Å². The Morgan fingerprint density at radius 3 is 1.75 bits per heavy atom. The molecule has 64 valence electrons. The molecule has 0 radical (unpaired) electrons. The fourth-order valence-electron chi connectivity index (χ4n) is 0.884. The first-order chi connectivity index (χ1) is 4.86. The molecule has 5 heteroatoms. The van der Waals surface area contributed by atoms with E-state index in [-0.39, 0.29) is 24.8 Å². The van der Waals surface area contributed by atoms with Gasteiger partial charge in [-0.2, -0.15) is 9.98 Å². The van der Waals surface area contributed by atoms with Crippen molar-refractivity contribution in [1.82, 2.24) is 0 Å². The smallest absolute Gasteiger partial charge is 0.244 e. The van der Waals surface area contributed by atoms with Crippen molar-refractivity contribution in [2.24, 2.45) is 9.98 Å². The van der Waals surface area contributed by atoms with Crippen LogP contribution in [0, 0.1) is 0 Å². The van der Waals surface area contributed by atoms with Crippen LogP contribution in [0.15, 0.2) is 34.3 Å². The Labute approximate surface area is 81.0 Å². The minimum absolute atomic E-state index is 0. The van der Waals surface area contributed by atoms with Crippen LogP contribution in [0.2, 0.25) is 0 Å². The van der Waals surface area contributed by atoms with Gasteiger partial charge in [-0.3, -0.25) is 0 Å². The van der Waals surface area contributed by atoms with Crippen molar-refractivity contribution in [1.29, 1.82) is 0 Å². The lowest BCUT2D eigenvalue weighted by Gasteiger charge is -1.75. The molecule has 1 heterocycles. The molecule has 0 spiro atoms. The Hall–Kier alpha value is -0.930. The molecule has 0 aromatic heterocycles. The summed E-state index contributed by atoms with van der Waals surface area (Å²) in [5.74, 6) is 0. The Balaban J connectivity index is 0.000000605. The summed E-state index contributed by atoms with van der Waals surface area (Å²) < 4.78 is 0. The molecule has 12 heavy (non-hydrogen) atoms. The summed E-state index contributed by atoms with van der Waals surface area (Å²) in [6.45, 7) is 0. The van der Waals surface area contributed by atoms with Gasteiger partial charge in [0.1, 0.15) is 0 Å². The van der Waals surface area contributed by atoms with E-state index in [0.29, 0.717) is 10.7 Å². The van der Waals surface area contributed by atoms with Crippen LogP contribution < -0.4 is 10.7 Å². The first-order valence-electron chi connectivity index (χ1n) is 2.93. The van der Waals surface area contributed by atoms with Crippen molar-refractivity contribution in [3.8, 4) is 0 Å². The van der Waals surface area contributed by atoms with Gasteiger partial charge in [-0.25, -0.2) is 4.79 Å². The topological polar surface area (TPSA) is 41.8 Å². The second-order valence-corrected chi connectivity index (χ2v) is 1.99. The van der Waals surface area contributed by atoms with E-state index >= 15 is 0 Å². The Kier molecular flexibility index (Phi) is 3.86. The molecule has 1 aromatic carbocycles. The van der Waals surface area contributed by atoms with Crippen LogP contribution in [0.3, 0.4) is 0 Å². The number of amides is 2. The van der Waals surface area contributed by atoms with Crippen molar-refractivity contribution in [3.05, 3.63) is 35.0 Å². The third-order valence-electron chi connectivity index (χ3n) is 1.31. The second kappa shape index (κ2) is 4.18. The van der Waals surface area contributed by atoms with Crippen molar-refractivity contribution in [3.63, 3.8) is 0 Å². The molecule has 2 rings (SSSR count). The number of hydrogen-bond donors (Lipinski definition) is 0.